The summed E-state index contributed by atoms with van der Waals surface area (Å²) in [6, 6.07) is 21.3. The Hall–Kier alpha value is -2.22. The van der Waals surface area contributed by atoms with E-state index in [0.29, 0.717) is 12.7 Å². The Kier molecular flexibility index (Phi) is 3.50. The number of benzene rings is 2. The van der Waals surface area contributed by atoms with Crippen LogP contribution in [0.15, 0.2) is 85.0 Å². The van der Waals surface area contributed by atoms with Crippen LogP contribution in [0.2, 0.25) is 0 Å². The van der Waals surface area contributed by atoms with Crippen molar-refractivity contribution in [3.8, 4) is 0 Å². The standard InChI is InChI=1S/C17H16BN/c1-3-9-15(10-4-1)17(16-11-5-2-6-12-16)18-13-7-8-14-19-18/h1-14,17,19H. The van der Waals surface area contributed by atoms with Crippen LogP contribution in [0.3, 0.4) is 0 Å². The molecule has 1 N–H and O–H groups in total. The molecule has 0 bridgehead atoms. The largest absolute Gasteiger partial charge is 0.430 e. The van der Waals surface area contributed by atoms with Gasteiger partial charge in [-0.3, -0.25) is 0 Å². The smallest absolute Gasteiger partial charge is 0.290 e. The molecular weight excluding hydrogens is 229 g/mol. The second-order valence-electron chi connectivity index (χ2n) is 4.74. The maximum absolute atomic E-state index is 3.45. The molecule has 0 saturated carbocycles. The SMILES string of the molecule is C1=CNB(C(c2ccccc2)c2ccccc2)C=C1. The van der Waals surface area contributed by atoms with Crippen LogP contribution in [-0.4, -0.2) is 6.85 Å². The number of hydrogen-bond acceptors (Lipinski definition) is 1. The maximum Gasteiger partial charge on any atom is 0.290 e. The minimum Gasteiger partial charge on any atom is -0.430 e. The van der Waals surface area contributed by atoms with Crippen LogP contribution in [0.1, 0.15) is 16.9 Å². The van der Waals surface area contributed by atoms with Gasteiger partial charge < -0.3 is 5.23 Å². The molecule has 0 aliphatic carbocycles. The third kappa shape index (κ3) is 2.63. The molecule has 0 radical (unpaired) electrons. The summed E-state index contributed by atoms with van der Waals surface area (Å²) in [5.41, 5.74) is 2.68. The molecule has 1 aliphatic heterocycles. The highest BCUT2D eigenvalue weighted by Gasteiger charge is 2.26. The average Bonchev–Trinajstić information content (AvgIpc) is 2.51. The van der Waals surface area contributed by atoms with Crippen LogP contribution >= 0.6 is 0 Å². The first kappa shape index (κ1) is 11.9. The Morgan fingerprint density at radius 1 is 0.737 bits per heavy atom. The molecule has 1 heterocycles. The van der Waals surface area contributed by atoms with Crippen LogP contribution in [-0.2, 0) is 0 Å². The average molecular weight is 245 g/mol. The minimum absolute atomic E-state index is 0.301. The summed E-state index contributed by atoms with van der Waals surface area (Å²) in [5, 5.41) is 3.45. The van der Waals surface area contributed by atoms with Crippen molar-refractivity contribution in [3.05, 3.63) is 96.1 Å². The molecule has 0 spiro atoms. The summed E-state index contributed by atoms with van der Waals surface area (Å²) in [4.78, 5) is 0. The van der Waals surface area contributed by atoms with Gasteiger partial charge in [-0.25, -0.2) is 0 Å². The van der Waals surface area contributed by atoms with E-state index in [4.69, 9.17) is 0 Å². The van der Waals surface area contributed by atoms with E-state index in [2.05, 4.69) is 77.9 Å². The van der Waals surface area contributed by atoms with Crippen LogP contribution < -0.4 is 5.23 Å². The Balaban J connectivity index is 2.01. The highest BCUT2D eigenvalue weighted by molar-refractivity contribution is 6.64. The topological polar surface area (TPSA) is 12.0 Å². The van der Waals surface area contributed by atoms with Gasteiger partial charge in [0.05, 0.1) is 0 Å². The summed E-state index contributed by atoms with van der Waals surface area (Å²) >= 11 is 0. The quantitative estimate of drug-likeness (QED) is 0.815. The second-order valence-corrected chi connectivity index (χ2v) is 4.74. The molecular formula is C17H16BN. The fourth-order valence-electron chi connectivity index (χ4n) is 2.60. The Labute approximate surface area is 114 Å². The summed E-state index contributed by atoms with van der Waals surface area (Å²) in [5.74, 6) is 2.56. The summed E-state index contributed by atoms with van der Waals surface area (Å²) < 4.78 is 0. The van der Waals surface area contributed by atoms with E-state index in [9.17, 15) is 0 Å². The van der Waals surface area contributed by atoms with E-state index < -0.39 is 0 Å². The molecule has 0 atom stereocenters. The van der Waals surface area contributed by atoms with E-state index in [0.717, 1.165) is 0 Å². The summed E-state index contributed by atoms with van der Waals surface area (Å²) in [6.45, 7) is 0.301. The third-order valence-electron chi connectivity index (χ3n) is 3.49. The van der Waals surface area contributed by atoms with Crippen LogP contribution in [0.4, 0.5) is 0 Å². The van der Waals surface area contributed by atoms with Gasteiger partial charge >= 0.3 is 0 Å². The van der Waals surface area contributed by atoms with Crippen molar-refractivity contribution in [1.82, 2.24) is 5.23 Å². The summed E-state index contributed by atoms with van der Waals surface area (Å²) in [6.07, 6.45) is 6.16. The molecule has 19 heavy (non-hydrogen) atoms. The lowest BCUT2D eigenvalue weighted by Crippen LogP contribution is -2.37. The molecule has 1 aliphatic rings. The highest BCUT2D eigenvalue weighted by Crippen LogP contribution is 2.27. The van der Waals surface area contributed by atoms with Crippen molar-refractivity contribution in [2.45, 2.75) is 5.82 Å². The lowest BCUT2D eigenvalue weighted by Gasteiger charge is -2.24. The fourth-order valence-corrected chi connectivity index (χ4v) is 2.60. The van der Waals surface area contributed by atoms with E-state index in [-0.39, 0.29) is 0 Å². The van der Waals surface area contributed by atoms with E-state index >= 15 is 0 Å². The van der Waals surface area contributed by atoms with Crippen molar-refractivity contribution in [2.24, 2.45) is 0 Å². The number of hydrogen-bond donors (Lipinski definition) is 1. The van der Waals surface area contributed by atoms with Crippen molar-refractivity contribution in [2.75, 3.05) is 0 Å². The van der Waals surface area contributed by atoms with Gasteiger partial charge in [-0.15, -0.1) is 0 Å². The molecule has 2 aromatic carbocycles. The van der Waals surface area contributed by atoms with Crippen molar-refractivity contribution in [3.63, 3.8) is 0 Å². The normalized spacial score (nSPS) is 13.6. The number of allylic oxidation sites excluding steroid dienone is 2. The van der Waals surface area contributed by atoms with Gasteiger partial charge in [-0.05, 0) is 23.4 Å². The Morgan fingerprint density at radius 2 is 1.32 bits per heavy atom. The fraction of sp³-hybridized carbons (Fsp3) is 0.0588. The van der Waals surface area contributed by atoms with E-state index in [1.807, 2.05) is 12.3 Å². The zero-order valence-electron chi connectivity index (χ0n) is 10.7. The van der Waals surface area contributed by atoms with Gasteiger partial charge in [0, 0.05) is 5.82 Å². The highest BCUT2D eigenvalue weighted by atomic mass is 14.7. The molecule has 0 amide bonds. The molecule has 2 aromatic rings. The van der Waals surface area contributed by atoms with E-state index in [1.165, 1.54) is 11.1 Å². The molecule has 1 nitrogen and oxygen atoms in total. The minimum atomic E-state index is 0.301. The van der Waals surface area contributed by atoms with Crippen molar-refractivity contribution in [1.29, 1.82) is 0 Å². The van der Waals surface area contributed by atoms with Crippen LogP contribution in [0.5, 0.6) is 0 Å². The van der Waals surface area contributed by atoms with Crippen LogP contribution in [0.25, 0.3) is 0 Å². The van der Waals surface area contributed by atoms with Crippen molar-refractivity contribution >= 4 is 6.85 Å². The van der Waals surface area contributed by atoms with Gasteiger partial charge in [-0.2, -0.15) is 0 Å². The maximum atomic E-state index is 3.45. The Bertz CT molecular complexity index is 535. The zero-order chi connectivity index (χ0) is 12.9. The first-order chi connectivity index (χ1) is 9.45. The molecule has 0 fully saturated rings. The molecule has 0 unspecified atom stereocenters. The van der Waals surface area contributed by atoms with Gasteiger partial charge in [0.1, 0.15) is 0 Å². The van der Waals surface area contributed by atoms with Gasteiger partial charge in [-0.1, -0.05) is 72.7 Å². The lowest BCUT2D eigenvalue weighted by molar-refractivity contribution is 1.06. The Morgan fingerprint density at radius 3 is 1.79 bits per heavy atom. The number of nitrogens with one attached hydrogen (secondary N) is 1. The lowest BCUT2D eigenvalue weighted by atomic mass is 9.47. The zero-order valence-corrected chi connectivity index (χ0v) is 10.7. The first-order valence-electron chi connectivity index (χ1n) is 6.64. The van der Waals surface area contributed by atoms with Crippen LogP contribution in [0, 0.1) is 0 Å². The second kappa shape index (κ2) is 5.62. The van der Waals surface area contributed by atoms with Gasteiger partial charge in [0.25, 0.3) is 6.85 Å². The summed E-state index contributed by atoms with van der Waals surface area (Å²) in [7, 11) is 0. The first-order valence-corrected chi connectivity index (χ1v) is 6.64. The van der Waals surface area contributed by atoms with Crippen molar-refractivity contribution < 1.29 is 0 Å². The predicted octanol–water partition coefficient (Wildman–Crippen LogP) is 3.56. The van der Waals surface area contributed by atoms with Gasteiger partial charge in [0.15, 0.2) is 0 Å². The molecule has 92 valence electrons. The molecule has 0 aromatic heterocycles. The molecule has 0 saturated heterocycles. The van der Waals surface area contributed by atoms with Gasteiger partial charge in [0.2, 0.25) is 0 Å². The molecule has 3 rings (SSSR count). The van der Waals surface area contributed by atoms with E-state index in [1.54, 1.807) is 0 Å². The predicted molar refractivity (Wildman–Crippen MR) is 81.9 cm³/mol. The third-order valence-corrected chi connectivity index (χ3v) is 3.49. The monoisotopic (exact) mass is 245 g/mol. The molecule has 2 heteroatoms. The number of rotatable bonds is 3.